The Kier molecular flexibility index (Phi) is 6.18. The maximum atomic E-state index is 12.6. The van der Waals surface area contributed by atoms with Gasteiger partial charge in [-0.2, -0.15) is 0 Å². The van der Waals surface area contributed by atoms with Crippen LogP contribution in [0.3, 0.4) is 0 Å². The van der Waals surface area contributed by atoms with Crippen LogP contribution in [0.4, 0.5) is 5.69 Å². The number of amides is 2. The summed E-state index contributed by atoms with van der Waals surface area (Å²) in [4.78, 5) is 25.0. The first-order chi connectivity index (χ1) is 13.9. The fourth-order valence-corrected chi connectivity index (χ4v) is 3.86. The van der Waals surface area contributed by atoms with E-state index < -0.39 is 10.0 Å². The van der Waals surface area contributed by atoms with E-state index in [4.69, 9.17) is 4.74 Å². The molecule has 152 valence electrons. The smallest absolute Gasteiger partial charge is 0.262 e. The molecule has 8 nitrogen and oxygen atoms in total. The number of piperazine rings is 1. The van der Waals surface area contributed by atoms with Gasteiger partial charge in [-0.25, -0.2) is 8.42 Å². The van der Waals surface area contributed by atoms with E-state index in [0.29, 0.717) is 30.1 Å². The third-order valence-electron chi connectivity index (χ3n) is 4.31. The zero-order chi connectivity index (χ0) is 20.9. The number of methoxy groups -OCH3 is 1. The third kappa shape index (κ3) is 5.14. The number of para-hydroxylation sites is 2. The predicted molar refractivity (Wildman–Crippen MR) is 109 cm³/mol. The average Bonchev–Trinajstić information content (AvgIpc) is 2.72. The molecule has 0 bridgehead atoms. The van der Waals surface area contributed by atoms with Crippen LogP contribution >= 0.6 is 0 Å². The van der Waals surface area contributed by atoms with Gasteiger partial charge in [-0.3, -0.25) is 14.3 Å². The summed E-state index contributed by atoms with van der Waals surface area (Å²) < 4.78 is 32.9. The number of anilines is 1. The lowest BCUT2D eigenvalue weighted by Crippen LogP contribution is -2.49. The van der Waals surface area contributed by atoms with Gasteiger partial charge < -0.3 is 15.0 Å². The van der Waals surface area contributed by atoms with Crippen molar-refractivity contribution in [3.8, 4) is 5.75 Å². The normalized spacial score (nSPS) is 14.5. The van der Waals surface area contributed by atoms with Gasteiger partial charge in [0.25, 0.3) is 10.0 Å². The summed E-state index contributed by atoms with van der Waals surface area (Å²) in [7, 11) is -2.33. The van der Waals surface area contributed by atoms with Crippen molar-refractivity contribution in [2.24, 2.45) is 0 Å². The van der Waals surface area contributed by atoms with Crippen LogP contribution in [0, 0.1) is 0 Å². The average molecular weight is 415 g/mol. The molecule has 2 amide bonds. The Balaban J connectivity index is 1.69. The van der Waals surface area contributed by atoms with Gasteiger partial charge in [-0.1, -0.05) is 24.3 Å². The van der Waals surface area contributed by atoms with E-state index in [0.717, 1.165) is 0 Å². The molecule has 2 N–H and O–H groups in total. The molecule has 9 heteroatoms. The molecule has 1 saturated heterocycles. The standard InChI is InChI=1S/C20H21N3O5S/c1-28-18-5-3-2-4-17(18)22-29(26,27)16-9-6-15(7-10-16)8-11-20(25)23-13-12-21-19(24)14-23/h2-11,22H,12-14H2,1H3,(H,21,24). The lowest BCUT2D eigenvalue weighted by atomic mass is 10.2. The second-order valence-electron chi connectivity index (χ2n) is 6.32. The van der Waals surface area contributed by atoms with Crippen LogP contribution < -0.4 is 14.8 Å². The van der Waals surface area contributed by atoms with Gasteiger partial charge in [-0.05, 0) is 35.9 Å². The van der Waals surface area contributed by atoms with Gasteiger partial charge in [0, 0.05) is 19.2 Å². The van der Waals surface area contributed by atoms with Crippen LogP contribution in [0.2, 0.25) is 0 Å². The van der Waals surface area contributed by atoms with Crippen LogP contribution in [0.25, 0.3) is 6.08 Å². The Labute approximate surface area is 169 Å². The number of rotatable bonds is 6. The van der Waals surface area contributed by atoms with Gasteiger partial charge in [0.15, 0.2) is 0 Å². The minimum atomic E-state index is -3.79. The molecule has 1 aliphatic heterocycles. The van der Waals surface area contributed by atoms with Gasteiger partial charge in [-0.15, -0.1) is 0 Å². The van der Waals surface area contributed by atoms with Gasteiger partial charge in [0.1, 0.15) is 5.75 Å². The minimum absolute atomic E-state index is 0.0367. The molecule has 1 heterocycles. The van der Waals surface area contributed by atoms with Crippen LogP contribution in [-0.4, -0.2) is 51.9 Å². The highest BCUT2D eigenvalue weighted by Gasteiger charge is 2.19. The van der Waals surface area contributed by atoms with Crippen molar-refractivity contribution < 1.29 is 22.7 Å². The molecule has 3 rings (SSSR count). The lowest BCUT2D eigenvalue weighted by molar-refractivity contribution is -0.134. The number of nitrogens with zero attached hydrogens (tertiary/aromatic N) is 1. The second-order valence-corrected chi connectivity index (χ2v) is 8.00. The largest absolute Gasteiger partial charge is 0.495 e. The van der Waals surface area contributed by atoms with E-state index in [-0.39, 0.29) is 23.3 Å². The van der Waals surface area contributed by atoms with Crippen molar-refractivity contribution in [2.75, 3.05) is 31.5 Å². The molecule has 1 fully saturated rings. The van der Waals surface area contributed by atoms with Crippen molar-refractivity contribution in [3.63, 3.8) is 0 Å². The van der Waals surface area contributed by atoms with E-state index in [2.05, 4.69) is 10.0 Å². The second kappa shape index (κ2) is 8.78. The van der Waals surface area contributed by atoms with E-state index in [1.807, 2.05) is 0 Å². The summed E-state index contributed by atoms with van der Waals surface area (Å²) in [5.41, 5.74) is 1.01. The number of ether oxygens (including phenoxy) is 1. The van der Waals surface area contributed by atoms with Crippen LogP contribution in [0.1, 0.15) is 5.56 Å². The molecule has 0 aromatic heterocycles. The molecular weight excluding hydrogens is 394 g/mol. The number of hydrogen-bond acceptors (Lipinski definition) is 5. The minimum Gasteiger partial charge on any atom is -0.495 e. The van der Waals surface area contributed by atoms with E-state index in [1.54, 1.807) is 42.5 Å². The van der Waals surface area contributed by atoms with E-state index >= 15 is 0 Å². The van der Waals surface area contributed by atoms with Crippen molar-refractivity contribution >= 4 is 33.6 Å². The summed E-state index contributed by atoms with van der Waals surface area (Å²) >= 11 is 0. The topological polar surface area (TPSA) is 105 Å². The monoisotopic (exact) mass is 415 g/mol. The Morgan fingerprint density at radius 2 is 1.90 bits per heavy atom. The van der Waals surface area contributed by atoms with E-state index in [9.17, 15) is 18.0 Å². The maximum absolute atomic E-state index is 12.6. The maximum Gasteiger partial charge on any atom is 0.262 e. The molecule has 2 aromatic rings. The summed E-state index contributed by atoms with van der Waals surface area (Å²) in [6.45, 7) is 0.930. The molecule has 0 unspecified atom stereocenters. The highest BCUT2D eigenvalue weighted by molar-refractivity contribution is 7.92. The first kappa shape index (κ1) is 20.4. The van der Waals surface area contributed by atoms with Crippen molar-refractivity contribution in [1.29, 1.82) is 0 Å². The number of sulfonamides is 1. The quantitative estimate of drug-likeness (QED) is 0.695. The molecule has 2 aromatic carbocycles. The third-order valence-corrected chi connectivity index (χ3v) is 5.69. The number of hydrogen-bond donors (Lipinski definition) is 2. The van der Waals surface area contributed by atoms with E-state index in [1.165, 1.54) is 30.2 Å². The summed E-state index contributed by atoms with van der Waals surface area (Å²) in [5, 5.41) is 2.66. The SMILES string of the molecule is COc1ccccc1NS(=O)(=O)c1ccc(C=CC(=O)N2CCNC(=O)C2)cc1. The van der Waals surface area contributed by atoms with Gasteiger partial charge >= 0.3 is 0 Å². The zero-order valence-corrected chi connectivity index (χ0v) is 16.6. The molecule has 0 spiro atoms. The number of carbonyl (C=O) groups is 2. The first-order valence-corrected chi connectivity index (χ1v) is 10.4. The first-order valence-electron chi connectivity index (χ1n) is 8.88. The van der Waals surface area contributed by atoms with Crippen LogP contribution in [0.5, 0.6) is 5.75 Å². The molecular formula is C20H21N3O5S. The number of nitrogens with one attached hydrogen (secondary N) is 2. The highest BCUT2D eigenvalue weighted by Crippen LogP contribution is 2.26. The van der Waals surface area contributed by atoms with Crippen LogP contribution in [-0.2, 0) is 19.6 Å². The van der Waals surface area contributed by atoms with Crippen molar-refractivity contribution in [1.82, 2.24) is 10.2 Å². The summed E-state index contributed by atoms with van der Waals surface area (Å²) in [5.74, 6) is -0.0370. The number of carbonyl (C=O) groups excluding carboxylic acids is 2. The summed E-state index contributed by atoms with van der Waals surface area (Å²) in [6, 6.07) is 12.8. The molecule has 29 heavy (non-hydrogen) atoms. The Hall–Kier alpha value is -3.33. The molecule has 0 aliphatic carbocycles. The Morgan fingerprint density at radius 3 is 2.59 bits per heavy atom. The molecule has 0 radical (unpaired) electrons. The number of benzene rings is 2. The fraction of sp³-hybridized carbons (Fsp3) is 0.200. The molecule has 1 aliphatic rings. The van der Waals surface area contributed by atoms with Crippen molar-refractivity contribution in [2.45, 2.75) is 4.90 Å². The van der Waals surface area contributed by atoms with Gasteiger partial charge in [0.2, 0.25) is 11.8 Å². The molecule has 0 saturated carbocycles. The zero-order valence-electron chi connectivity index (χ0n) is 15.8. The highest BCUT2D eigenvalue weighted by atomic mass is 32.2. The fourth-order valence-electron chi connectivity index (χ4n) is 2.79. The summed E-state index contributed by atoms with van der Waals surface area (Å²) in [6.07, 6.45) is 2.95. The van der Waals surface area contributed by atoms with Crippen LogP contribution in [0.15, 0.2) is 59.5 Å². The lowest BCUT2D eigenvalue weighted by Gasteiger charge is -2.25. The molecule has 0 atom stereocenters. The van der Waals surface area contributed by atoms with Gasteiger partial charge in [0.05, 0.1) is 24.2 Å². The predicted octanol–water partition coefficient (Wildman–Crippen LogP) is 1.47. The van der Waals surface area contributed by atoms with Crippen molar-refractivity contribution in [3.05, 3.63) is 60.2 Å². The Bertz CT molecular complexity index is 1030. The Morgan fingerprint density at radius 1 is 1.17 bits per heavy atom.